The van der Waals surface area contributed by atoms with Crippen LogP contribution in [0.3, 0.4) is 0 Å². The number of carbonyl (C=O) groups excluding carboxylic acids is 1. The Morgan fingerprint density at radius 3 is 2.22 bits per heavy atom. The molecule has 0 unspecified atom stereocenters. The maximum absolute atomic E-state index is 12.6. The minimum Gasteiger partial charge on any atom is -0.324 e. The van der Waals surface area contributed by atoms with E-state index in [1.54, 1.807) is 0 Å². The molecule has 0 radical (unpaired) electrons. The Labute approximate surface area is 158 Å². The van der Waals surface area contributed by atoms with Gasteiger partial charge in [0, 0.05) is 17.3 Å². The molecule has 0 saturated heterocycles. The molecular formula is C20H25N3O4. The summed E-state index contributed by atoms with van der Waals surface area (Å²) in [7, 11) is 0. The zero-order valence-corrected chi connectivity index (χ0v) is 16.3. The second-order valence-electron chi connectivity index (χ2n) is 7.24. The molecule has 144 valence electrons. The first kappa shape index (κ1) is 20.4. The first-order chi connectivity index (χ1) is 12.6. The molecule has 0 aliphatic carbocycles. The van der Waals surface area contributed by atoms with E-state index in [0.717, 1.165) is 27.6 Å². The van der Waals surface area contributed by atoms with Crippen LogP contribution in [0.4, 0.5) is 11.4 Å². The normalized spacial score (nSPS) is 11.1. The Kier molecular flexibility index (Phi) is 6.15. The van der Waals surface area contributed by atoms with Crippen LogP contribution in [0.15, 0.2) is 35.3 Å². The largest absolute Gasteiger partial charge is 0.324 e. The van der Waals surface area contributed by atoms with Gasteiger partial charge >= 0.3 is 0 Å². The van der Waals surface area contributed by atoms with Crippen molar-refractivity contribution in [1.82, 2.24) is 4.57 Å². The molecule has 1 aromatic heterocycles. The van der Waals surface area contributed by atoms with E-state index in [2.05, 4.69) is 5.32 Å². The molecule has 0 aliphatic heterocycles. The standard InChI is InChI=1S/C20H25N3O4/c1-12(2)16-7-6-8-17(13(3)4)19(16)21-18(24)11-22-10-15(23(26)27)9-14(5)20(22)25/h6-10,12-13H,11H2,1-5H3,(H,21,24). The van der Waals surface area contributed by atoms with Crippen LogP contribution in [0.2, 0.25) is 0 Å². The highest BCUT2D eigenvalue weighted by Gasteiger charge is 2.18. The number of rotatable bonds is 6. The maximum atomic E-state index is 12.6. The van der Waals surface area contributed by atoms with Gasteiger partial charge in [0.25, 0.3) is 11.2 Å². The van der Waals surface area contributed by atoms with Crippen molar-refractivity contribution in [1.29, 1.82) is 0 Å². The van der Waals surface area contributed by atoms with Gasteiger partial charge in [-0.05, 0) is 29.9 Å². The Balaban J connectivity index is 2.37. The molecule has 2 rings (SSSR count). The van der Waals surface area contributed by atoms with Gasteiger partial charge in [-0.15, -0.1) is 0 Å². The Morgan fingerprint density at radius 1 is 1.19 bits per heavy atom. The van der Waals surface area contributed by atoms with Gasteiger partial charge in [-0.1, -0.05) is 45.9 Å². The number of aromatic nitrogens is 1. The summed E-state index contributed by atoms with van der Waals surface area (Å²) in [5.74, 6) is 0.0237. The Morgan fingerprint density at radius 2 is 1.74 bits per heavy atom. The number of aryl methyl sites for hydroxylation is 1. The molecule has 0 bridgehead atoms. The third kappa shape index (κ3) is 4.61. The van der Waals surface area contributed by atoms with Crippen molar-refractivity contribution < 1.29 is 9.72 Å². The highest BCUT2D eigenvalue weighted by atomic mass is 16.6. The zero-order valence-electron chi connectivity index (χ0n) is 16.3. The summed E-state index contributed by atoms with van der Waals surface area (Å²) in [5, 5.41) is 13.9. The minimum absolute atomic E-state index is 0.210. The third-order valence-electron chi connectivity index (χ3n) is 4.41. The van der Waals surface area contributed by atoms with Crippen molar-refractivity contribution in [2.24, 2.45) is 0 Å². The van der Waals surface area contributed by atoms with E-state index in [4.69, 9.17) is 0 Å². The SMILES string of the molecule is Cc1cc([N+](=O)[O-])cn(CC(=O)Nc2c(C(C)C)cccc2C(C)C)c1=O. The molecule has 0 saturated carbocycles. The van der Waals surface area contributed by atoms with Gasteiger partial charge < -0.3 is 5.32 Å². The summed E-state index contributed by atoms with van der Waals surface area (Å²) < 4.78 is 1.08. The lowest BCUT2D eigenvalue weighted by Gasteiger charge is -2.20. The van der Waals surface area contributed by atoms with E-state index in [0.29, 0.717) is 0 Å². The molecule has 7 heteroatoms. The van der Waals surface area contributed by atoms with Crippen LogP contribution in [-0.4, -0.2) is 15.4 Å². The van der Waals surface area contributed by atoms with Crippen molar-refractivity contribution in [3.63, 3.8) is 0 Å². The predicted octanol–water partition coefficient (Wildman–Crippen LogP) is 3.95. The van der Waals surface area contributed by atoms with Crippen LogP contribution >= 0.6 is 0 Å². The minimum atomic E-state index is -0.578. The van der Waals surface area contributed by atoms with Crippen LogP contribution in [-0.2, 0) is 11.3 Å². The second-order valence-corrected chi connectivity index (χ2v) is 7.24. The summed E-state index contributed by atoms with van der Waals surface area (Å²) in [6.07, 6.45) is 1.10. The number of hydrogen-bond donors (Lipinski definition) is 1. The highest BCUT2D eigenvalue weighted by Crippen LogP contribution is 2.32. The number of pyridine rings is 1. The molecule has 0 atom stereocenters. The number of carbonyl (C=O) groups is 1. The number of nitro groups is 1. The van der Waals surface area contributed by atoms with E-state index in [-0.39, 0.29) is 29.6 Å². The number of hydrogen-bond acceptors (Lipinski definition) is 4. The van der Waals surface area contributed by atoms with E-state index in [9.17, 15) is 19.7 Å². The summed E-state index contributed by atoms with van der Waals surface area (Å²) in [6.45, 7) is 9.39. The summed E-state index contributed by atoms with van der Waals surface area (Å²) in [6, 6.07) is 7.11. The second kappa shape index (κ2) is 8.16. The molecule has 0 fully saturated rings. The van der Waals surface area contributed by atoms with Crippen LogP contribution in [0.5, 0.6) is 0 Å². The van der Waals surface area contributed by atoms with Crippen LogP contribution in [0, 0.1) is 17.0 Å². The van der Waals surface area contributed by atoms with Crippen molar-refractivity contribution in [2.45, 2.75) is 53.0 Å². The Hall–Kier alpha value is -2.96. The summed E-state index contributed by atoms with van der Waals surface area (Å²) in [4.78, 5) is 35.3. The van der Waals surface area contributed by atoms with Gasteiger partial charge in [0.15, 0.2) is 0 Å². The first-order valence-electron chi connectivity index (χ1n) is 8.90. The molecule has 2 aromatic rings. The van der Waals surface area contributed by atoms with Crippen molar-refractivity contribution in [2.75, 3.05) is 5.32 Å². The molecular weight excluding hydrogens is 346 g/mol. The van der Waals surface area contributed by atoms with E-state index in [1.165, 1.54) is 13.0 Å². The predicted molar refractivity (Wildman–Crippen MR) is 105 cm³/mol. The first-order valence-corrected chi connectivity index (χ1v) is 8.90. The maximum Gasteiger partial charge on any atom is 0.286 e. The molecule has 0 aliphatic rings. The number of nitrogens with zero attached hydrogens (tertiary/aromatic N) is 2. The molecule has 1 aromatic carbocycles. The molecule has 7 nitrogen and oxygen atoms in total. The van der Waals surface area contributed by atoms with Crippen LogP contribution < -0.4 is 10.9 Å². The lowest BCUT2D eigenvalue weighted by molar-refractivity contribution is -0.385. The van der Waals surface area contributed by atoms with Gasteiger partial charge in [-0.2, -0.15) is 0 Å². The number of nitrogens with one attached hydrogen (secondary N) is 1. The Bertz CT molecular complexity index is 903. The van der Waals surface area contributed by atoms with Crippen LogP contribution in [0.1, 0.15) is 56.2 Å². The summed E-state index contributed by atoms with van der Waals surface area (Å²) >= 11 is 0. The van der Waals surface area contributed by atoms with Crippen molar-refractivity contribution >= 4 is 17.3 Å². The number of benzene rings is 1. The number of amides is 1. The van der Waals surface area contributed by atoms with E-state index in [1.807, 2.05) is 45.9 Å². The fourth-order valence-corrected chi connectivity index (χ4v) is 3.01. The molecule has 1 heterocycles. The lowest BCUT2D eigenvalue weighted by Crippen LogP contribution is -2.29. The number of para-hydroxylation sites is 1. The molecule has 27 heavy (non-hydrogen) atoms. The number of anilines is 1. The average Bonchev–Trinajstić information content (AvgIpc) is 2.58. The van der Waals surface area contributed by atoms with Gasteiger partial charge in [-0.25, -0.2) is 0 Å². The molecule has 0 spiro atoms. The highest BCUT2D eigenvalue weighted by molar-refractivity contribution is 5.92. The van der Waals surface area contributed by atoms with E-state index >= 15 is 0 Å². The molecule has 1 amide bonds. The van der Waals surface area contributed by atoms with Crippen molar-refractivity contribution in [3.8, 4) is 0 Å². The zero-order chi connectivity index (χ0) is 20.3. The fourth-order valence-electron chi connectivity index (χ4n) is 3.01. The smallest absolute Gasteiger partial charge is 0.286 e. The fraction of sp³-hybridized carbons (Fsp3) is 0.400. The lowest BCUT2D eigenvalue weighted by atomic mass is 9.92. The third-order valence-corrected chi connectivity index (χ3v) is 4.41. The van der Waals surface area contributed by atoms with Crippen LogP contribution in [0.25, 0.3) is 0 Å². The summed E-state index contributed by atoms with van der Waals surface area (Å²) in [5.41, 5.74) is 2.36. The average molecular weight is 371 g/mol. The van der Waals surface area contributed by atoms with Gasteiger partial charge in [0.05, 0.1) is 11.1 Å². The molecule has 1 N–H and O–H groups in total. The quantitative estimate of drug-likeness (QED) is 0.614. The van der Waals surface area contributed by atoms with Gasteiger partial charge in [0.1, 0.15) is 6.54 Å². The van der Waals surface area contributed by atoms with Gasteiger partial charge in [-0.3, -0.25) is 24.3 Å². The van der Waals surface area contributed by atoms with Gasteiger partial charge in [0.2, 0.25) is 5.91 Å². The van der Waals surface area contributed by atoms with E-state index < -0.39 is 16.4 Å². The van der Waals surface area contributed by atoms with Crippen molar-refractivity contribution in [3.05, 3.63) is 67.6 Å². The topological polar surface area (TPSA) is 94.2 Å². The monoisotopic (exact) mass is 371 g/mol.